The van der Waals surface area contributed by atoms with Crippen LogP contribution in [0.5, 0.6) is 5.75 Å². The summed E-state index contributed by atoms with van der Waals surface area (Å²) >= 11 is 0. The number of carboxylic acids is 1. The van der Waals surface area contributed by atoms with Crippen molar-refractivity contribution < 1.29 is 19.4 Å². The quantitative estimate of drug-likeness (QED) is 0.812. The van der Waals surface area contributed by atoms with Crippen LogP contribution in [0.3, 0.4) is 0 Å². The first-order valence-electron chi connectivity index (χ1n) is 7.90. The van der Waals surface area contributed by atoms with E-state index in [9.17, 15) is 9.59 Å². The Labute approximate surface area is 130 Å². The molecule has 0 radical (unpaired) electrons. The summed E-state index contributed by atoms with van der Waals surface area (Å²) in [6.45, 7) is 1.89. The van der Waals surface area contributed by atoms with Gasteiger partial charge in [0.05, 0.1) is 6.10 Å². The van der Waals surface area contributed by atoms with E-state index in [1.807, 2.05) is 13.0 Å². The van der Waals surface area contributed by atoms with E-state index in [2.05, 4.69) is 5.32 Å². The third kappa shape index (κ3) is 4.48. The van der Waals surface area contributed by atoms with Crippen molar-refractivity contribution in [2.45, 2.75) is 57.6 Å². The van der Waals surface area contributed by atoms with Gasteiger partial charge in [0.15, 0.2) is 0 Å². The fourth-order valence-electron chi connectivity index (χ4n) is 2.70. The van der Waals surface area contributed by atoms with Gasteiger partial charge < -0.3 is 15.2 Å². The predicted octanol–water partition coefficient (Wildman–Crippen LogP) is 2.99. The Morgan fingerprint density at radius 2 is 2.09 bits per heavy atom. The number of carbonyl (C=O) groups is 2. The predicted molar refractivity (Wildman–Crippen MR) is 83.1 cm³/mol. The molecule has 0 heterocycles. The summed E-state index contributed by atoms with van der Waals surface area (Å²) in [7, 11) is 0. The van der Waals surface area contributed by atoms with Gasteiger partial charge in [-0.3, -0.25) is 4.79 Å². The molecular formula is C17H23NO4. The average molecular weight is 305 g/mol. The molecule has 5 nitrogen and oxygen atoms in total. The van der Waals surface area contributed by atoms with E-state index >= 15 is 0 Å². The molecule has 0 saturated heterocycles. The second-order valence-corrected chi connectivity index (χ2v) is 5.71. The zero-order valence-electron chi connectivity index (χ0n) is 12.9. The molecule has 1 atom stereocenters. The van der Waals surface area contributed by atoms with Gasteiger partial charge >= 0.3 is 5.97 Å². The molecule has 1 fully saturated rings. The maximum absolute atomic E-state index is 12.2. The van der Waals surface area contributed by atoms with Crippen LogP contribution in [0.15, 0.2) is 24.3 Å². The molecule has 0 aliphatic heterocycles. The number of amides is 1. The molecule has 5 heteroatoms. The molecule has 1 aliphatic carbocycles. The molecule has 1 aromatic rings. The Kier molecular flexibility index (Phi) is 5.81. The summed E-state index contributed by atoms with van der Waals surface area (Å²) in [5.41, 5.74) is 0.429. The number of ether oxygens (including phenoxy) is 1. The maximum Gasteiger partial charge on any atom is 0.326 e. The smallest absolute Gasteiger partial charge is 0.326 e. The second kappa shape index (κ2) is 7.82. The average Bonchev–Trinajstić information content (AvgIpc) is 2.99. The van der Waals surface area contributed by atoms with Crippen molar-refractivity contribution in [2.75, 3.05) is 0 Å². The van der Waals surface area contributed by atoms with Crippen molar-refractivity contribution in [1.29, 1.82) is 0 Å². The minimum atomic E-state index is -1.01. The van der Waals surface area contributed by atoms with Gasteiger partial charge in [-0.05, 0) is 50.3 Å². The monoisotopic (exact) mass is 305 g/mol. The molecule has 0 aromatic heterocycles. The van der Waals surface area contributed by atoms with Crippen molar-refractivity contribution in [1.82, 2.24) is 5.32 Å². The van der Waals surface area contributed by atoms with Crippen LogP contribution in [0.4, 0.5) is 0 Å². The van der Waals surface area contributed by atoms with Crippen molar-refractivity contribution in [3.05, 3.63) is 29.8 Å². The van der Waals surface area contributed by atoms with E-state index < -0.39 is 12.0 Å². The number of carboxylic acid groups (broad SMARTS) is 1. The van der Waals surface area contributed by atoms with Crippen LogP contribution in [0.2, 0.25) is 0 Å². The number of rotatable bonds is 7. The van der Waals surface area contributed by atoms with Crippen LogP contribution in [0.25, 0.3) is 0 Å². The van der Waals surface area contributed by atoms with Gasteiger partial charge in [-0.1, -0.05) is 19.4 Å². The van der Waals surface area contributed by atoms with E-state index in [4.69, 9.17) is 9.84 Å². The largest absolute Gasteiger partial charge is 0.490 e. The lowest BCUT2D eigenvalue weighted by Crippen LogP contribution is -2.40. The van der Waals surface area contributed by atoms with E-state index in [0.29, 0.717) is 24.2 Å². The summed E-state index contributed by atoms with van der Waals surface area (Å²) in [4.78, 5) is 23.3. The van der Waals surface area contributed by atoms with E-state index in [0.717, 1.165) is 12.8 Å². The third-order valence-corrected chi connectivity index (χ3v) is 3.88. The molecular weight excluding hydrogens is 282 g/mol. The van der Waals surface area contributed by atoms with Crippen LogP contribution >= 0.6 is 0 Å². The first-order valence-corrected chi connectivity index (χ1v) is 7.90. The Morgan fingerprint density at radius 1 is 1.36 bits per heavy atom. The number of hydrogen-bond acceptors (Lipinski definition) is 3. The van der Waals surface area contributed by atoms with Crippen LogP contribution in [-0.2, 0) is 4.79 Å². The van der Waals surface area contributed by atoms with Crippen molar-refractivity contribution in [3.8, 4) is 5.75 Å². The molecule has 1 saturated carbocycles. The standard InChI is InChI=1S/C17H23NO4/c1-2-6-15(17(20)21)18-16(19)12-7-5-10-14(11-12)22-13-8-3-4-9-13/h5,7,10-11,13,15H,2-4,6,8-9H2,1H3,(H,18,19)(H,20,21). The first-order chi connectivity index (χ1) is 10.6. The zero-order chi connectivity index (χ0) is 15.9. The van der Waals surface area contributed by atoms with Gasteiger partial charge in [0.1, 0.15) is 11.8 Å². The molecule has 2 N–H and O–H groups in total. The van der Waals surface area contributed by atoms with Crippen LogP contribution < -0.4 is 10.1 Å². The maximum atomic E-state index is 12.2. The molecule has 1 unspecified atom stereocenters. The first kappa shape index (κ1) is 16.3. The number of nitrogens with one attached hydrogen (secondary N) is 1. The molecule has 1 amide bonds. The van der Waals surface area contributed by atoms with E-state index in [1.165, 1.54) is 12.8 Å². The SMILES string of the molecule is CCCC(NC(=O)c1cccc(OC2CCCC2)c1)C(=O)O. The van der Waals surface area contributed by atoms with Crippen LogP contribution in [0.1, 0.15) is 55.8 Å². The zero-order valence-corrected chi connectivity index (χ0v) is 12.9. The summed E-state index contributed by atoms with van der Waals surface area (Å²) in [5.74, 6) is -0.715. The second-order valence-electron chi connectivity index (χ2n) is 5.71. The molecule has 1 aliphatic rings. The van der Waals surface area contributed by atoms with Gasteiger partial charge in [-0.15, -0.1) is 0 Å². The van der Waals surface area contributed by atoms with Gasteiger partial charge in [-0.2, -0.15) is 0 Å². The van der Waals surface area contributed by atoms with Gasteiger partial charge in [0, 0.05) is 5.56 Å². The van der Waals surface area contributed by atoms with Crippen LogP contribution in [0, 0.1) is 0 Å². The Morgan fingerprint density at radius 3 is 2.73 bits per heavy atom. The molecule has 2 rings (SSSR count). The summed E-state index contributed by atoms with van der Waals surface area (Å²) in [5, 5.41) is 11.7. The fraction of sp³-hybridized carbons (Fsp3) is 0.529. The normalized spacial score (nSPS) is 16.2. The minimum absolute atomic E-state index is 0.227. The summed E-state index contributed by atoms with van der Waals surface area (Å²) in [6, 6.07) is 6.09. The van der Waals surface area contributed by atoms with E-state index in [1.54, 1.807) is 18.2 Å². The Balaban J connectivity index is 2.01. The van der Waals surface area contributed by atoms with Crippen molar-refractivity contribution in [3.63, 3.8) is 0 Å². The number of hydrogen-bond donors (Lipinski definition) is 2. The van der Waals surface area contributed by atoms with Gasteiger partial charge in [0.25, 0.3) is 5.91 Å². The lowest BCUT2D eigenvalue weighted by molar-refractivity contribution is -0.139. The lowest BCUT2D eigenvalue weighted by atomic mass is 10.1. The highest BCUT2D eigenvalue weighted by Crippen LogP contribution is 2.24. The molecule has 0 spiro atoms. The Bertz CT molecular complexity index is 523. The fourth-order valence-corrected chi connectivity index (χ4v) is 2.70. The van der Waals surface area contributed by atoms with Crippen molar-refractivity contribution in [2.24, 2.45) is 0 Å². The highest BCUT2D eigenvalue weighted by molar-refractivity contribution is 5.96. The van der Waals surface area contributed by atoms with Gasteiger partial charge in [-0.25, -0.2) is 4.79 Å². The highest BCUT2D eigenvalue weighted by atomic mass is 16.5. The van der Waals surface area contributed by atoms with E-state index in [-0.39, 0.29) is 12.0 Å². The molecule has 1 aromatic carbocycles. The molecule has 22 heavy (non-hydrogen) atoms. The number of carbonyl (C=O) groups excluding carboxylic acids is 1. The number of benzene rings is 1. The number of aliphatic carboxylic acids is 1. The summed E-state index contributed by atoms with van der Waals surface area (Å²) < 4.78 is 5.87. The van der Waals surface area contributed by atoms with Gasteiger partial charge in [0.2, 0.25) is 0 Å². The molecule has 120 valence electrons. The van der Waals surface area contributed by atoms with Crippen LogP contribution in [-0.4, -0.2) is 29.1 Å². The third-order valence-electron chi connectivity index (χ3n) is 3.88. The Hall–Kier alpha value is -2.04. The molecule has 0 bridgehead atoms. The topological polar surface area (TPSA) is 75.6 Å². The van der Waals surface area contributed by atoms with Crippen molar-refractivity contribution >= 4 is 11.9 Å². The lowest BCUT2D eigenvalue weighted by Gasteiger charge is -2.15. The highest BCUT2D eigenvalue weighted by Gasteiger charge is 2.20. The minimum Gasteiger partial charge on any atom is -0.490 e. The summed E-state index contributed by atoms with van der Waals surface area (Å²) in [6.07, 6.45) is 5.80.